The maximum atomic E-state index is 12.7. The average Bonchev–Trinajstić information content (AvgIpc) is 2.84. The van der Waals surface area contributed by atoms with Crippen LogP contribution in [-0.2, 0) is 47.5 Å². The van der Waals surface area contributed by atoms with Crippen LogP contribution < -0.4 is 0 Å². The zero-order chi connectivity index (χ0) is 26.8. The highest BCUT2D eigenvalue weighted by atomic mass is 32.2. The Bertz CT molecular complexity index is 1140. The van der Waals surface area contributed by atoms with E-state index >= 15 is 0 Å². The van der Waals surface area contributed by atoms with Crippen molar-refractivity contribution in [1.29, 1.82) is 0 Å². The number of rotatable bonds is 10. The van der Waals surface area contributed by atoms with Gasteiger partial charge in [-0.3, -0.25) is 8.37 Å². The number of ether oxygens (including phenoxy) is 4. The zero-order valence-corrected chi connectivity index (χ0v) is 22.7. The van der Waals surface area contributed by atoms with Crippen LogP contribution in [0.15, 0.2) is 58.3 Å². The highest BCUT2D eigenvalue weighted by Gasteiger charge is 2.57. The van der Waals surface area contributed by atoms with E-state index < -0.39 is 57.2 Å². The van der Waals surface area contributed by atoms with Crippen molar-refractivity contribution in [2.45, 2.75) is 61.3 Å². The number of aryl methyl sites for hydroxylation is 2. The molecule has 0 aromatic heterocycles. The van der Waals surface area contributed by atoms with Crippen LogP contribution in [0.2, 0.25) is 0 Å². The molecular weight excluding hydrogens is 512 g/mol. The average molecular weight is 545 g/mol. The van der Waals surface area contributed by atoms with Gasteiger partial charge in [0.15, 0.2) is 0 Å². The van der Waals surface area contributed by atoms with Gasteiger partial charge in [0.1, 0.15) is 12.2 Å². The van der Waals surface area contributed by atoms with Crippen molar-refractivity contribution in [1.82, 2.24) is 0 Å². The van der Waals surface area contributed by atoms with Gasteiger partial charge in [-0.05, 0) is 52.0 Å². The molecule has 200 valence electrons. The van der Waals surface area contributed by atoms with Gasteiger partial charge >= 0.3 is 0 Å². The summed E-state index contributed by atoms with van der Waals surface area (Å²) in [6, 6.07) is 12.3. The van der Waals surface area contributed by atoms with Crippen molar-refractivity contribution in [3.8, 4) is 0 Å². The summed E-state index contributed by atoms with van der Waals surface area (Å²) in [5.74, 6) is -2.95. The second kappa shape index (κ2) is 10.8. The molecule has 0 bridgehead atoms. The van der Waals surface area contributed by atoms with E-state index in [0.29, 0.717) is 0 Å². The van der Waals surface area contributed by atoms with Gasteiger partial charge in [0.25, 0.3) is 20.2 Å². The van der Waals surface area contributed by atoms with Crippen molar-refractivity contribution >= 4 is 20.2 Å². The second-order valence-corrected chi connectivity index (χ2v) is 11.9. The minimum atomic E-state index is -4.14. The Hall–Kier alpha value is -1.90. The van der Waals surface area contributed by atoms with Gasteiger partial charge < -0.3 is 18.9 Å². The molecule has 1 aliphatic heterocycles. The number of methoxy groups -OCH3 is 2. The summed E-state index contributed by atoms with van der Waals surface area (Å²) < 4.78 is 84.5. The van der Waals surface area contributed by atoms with Gasteiger partial charge in [-0.2, -0.15) is 16.8 Å². The Balaban J connectivity index is 1.83. The quantitative estimate of drug-likeness (QED) is 0.412. The molecule has 0 spiro atoms. The maximum Gasteiger partial charge on any atom is 0.297 e. The molecule has 10 nitrogen and oxygen atoms in total. The van der Waals surface area contributed by atoms with Crippen molar-refractivity contribution in [2.24, 2.45) is 0 Å². The van der Waals surface area contributed by atoms with Crippen molar-refractivity contribution < 1.29 is 44.1 Å². The van der Waals surface area contributed by atoms with E-state index in [4.69, 9.17) is 27.3 Å². The highest BCUT2D eigenvalue weighted by Crippen LogP contribution is 2.39. The predicted molar refractivity (Wildman–Crippen MR) is 129 cm³/mol. The topological polar surface area (TPSA) is 124 Å². The van der Waals surface area contributed by atoms with Crippen LogP contribution in [0.4, 0.5) is 0 Å². The Kier molecular flexibility index (Phi) is 8.63. The molecule has 2 aromatic carbocycles. The van der Waals surface area contributed by atoms with E-state index in [1.54, 1.807) is 38.1 Å². The summed E-state index contributed by atoms with van der Waals surface area (Å²) in [5, 5.41) is 0. The Morgan fingerprint density at radius 3 is 1.25 bits per heavy atom. The van der Waals surface area contributed by atoms with E-state index in [2.05, 4.69) is 0 Å². The molecule has 0 saturated carbocycles. The SMILES string of the molecule is CO[C@]1(C)O[C@H](COS(=O)(=O)c2ccc(C)cc2)[C@@H](COS(=O)(=O)c2ccc(C)cc2)O[C@@]1(C)OC. The fraction of sp³-hybridized carbons (Fsp3) is 0.500. The minimum Gasteiger partial charge on any atom is -0.349 e. The lowest BCUT2D eigenvalue weighted by Gasteiger charge is -2.51. The molecule has 0 aliphatic carbocycles. The minimum absolute atomic E-state index is 0.0317. The van der Waals surface area contributed by atoms with Gasteiger partial charge in [0.05, 0.1) is 23.0 Å². The highest BCUT2D eigenvalue weighted by molar-refractivity contribution is 7.87. The Morgan fingerprint density at radius 2 is 0.972 bits per heavy atom. The van der Waals surface area contributed by atoms with Crippen LogP contribution in [0.1, 0.15) is 25.0 Å². The number of hydrogen-bond donors (Lipinski definition) is 0. The Morgan fingerprint density at radius 1 is 0.667 bits per heavy atom. The van der Waals surface area contributed by atoms with Crippen molar-refractivity contribution in [3.05, 3.63) is 59.7 Å². The number of benzene rings is 2. The largest absolute Gasteiger partial charge is 0.349 e. The molecule has 0 amide bonds. The smallest absolute Gasteiger partial charge is 0.297 e. The fourth-order valence-corrected chi connectivity index (χ4v) is 5.39. The van der Waals surface area contributed by atoms with E-state index in [0.717, 1.165) is 11.1 Å². The lowest BCUT2D eigenvalue weighted by atomic mass is 10.0. The van der Waals surface area contributed by atoms with Crippen LogP contribution in [0.25, 0.3) is 0 Å². The van der Waals surface area contributed by atoms with Crippen LogP contribution in [-0.4, -0.2) is 68.1 Å². The first kappa shape index (κ1) is 28.7. The summed E-state index contributed by atoms with van der Waals surface area (Å²) in [6.45, 7) is 5.79. The van der Waals surface area contributed by atoms with Gasteiger partial charge in [-0.25, -0.2) is 0 Å². The molecule has 1 saturated heterocycles. The van der Waals surface area contributed by atoms with Gasteiger partial charge in [0.2, 0.25) is 11.6 Å². The molecule has 12 heteroatoms. The van der Waals surface area contributed by atoms with E-state index in [9.17, 15) is 16.8 Å². The fourth-order valence-electron chi connectivity index (χ4n) is 3.55. The van der Waals surface area contributed by atoms with Crippen LogP contribution in [0.3, 0.4) is 0 Å². The first-order chi connectivity index (χ1) is 16.7. The molecule has 3 rings (SSSR count). The lowest BCUT2D eigenvalue weighted by molar-refractivity contribution is -0.450. The van der Waals surface area contributed by atoms with Gasteiger partial charge in [-0.1, -0.05) is 35.4 Å². The number of hydrogen-bond acceptors (Lipinski definition) is 10. The molecule has 1 fully saturated rings. The van der Waals surface area contributed by atoms with Crippen molar-refractivity contribution in [3.63, 3.8) is 0 Å². The summed E-state index contributed by atoms with van der Waals surface area (Å²) >= 11 is 0. The molecule has 0 unspecified atom stereocenters. The first-order valence-electron chi connectivity index (χ1n) is 11.1. The molecule has 1 aliphatic rings. The van der Waals surface area contributed by atoms with Crippen LogP contribution >= 0.6 is 0 Å². The van der Waals surface area contributed by atoms with E-state index in [1.807, 2.05) is 13.8 Å². The van der Waals surface area contributed by atoms with Crippen molar-refractivity contribution in [2.75, 3.05) is 27.4 Å². The summed E-state index contributed by atoms with van der Waals surface area (Å²) in [6.07, 6.45) is -2.18. The summed E-state index contributed by atoms with van der Waals surface area (Å²) in [5.41, 5.74) is 1.78. The van der Waals surface area contributed by atoms with E-state index in [-0.39, 0.29) is 9.79 Å². The van der Waals surface area contributed by atoms with Crippen LogP contribution in [0, 0.1) is 13.8 Å². The van der Waals surface area contributed by atoms with Gasteiger partial charge in [-0.15, -0.1) is 0 Å². The molecule has 36 heavy (non-hydrogen) atoms. The second-order valence-electron chi connectivity index (χ2n) is 8.72. The summed E-state index contributed by atoms with van der Waals surface area (Å²) in [7, 11) is -5.52. The third-order valence-electron chi connectivity index (χ3n) is 6.17. The first-order valence-corrected chi connectivity index (χ1v) is 13.9. The molecular formula is C24H32O10S2. The molecule has 1 heterocycles. The predicted octanol–water partition coefficient (Wildman–Crippen LogP) is 2.92. The van der Waals surface area contributed by atoms with Crippen LogP contribution in [0.5, 0.6) is 0 Å². The lowest BCUT2D eigenvalue weighted by Crippen LogP contribution is -2.66. The normalized spacial score (nSPS) is 27.2. The van der Waals surface area contributed by atoms with E-state index in [1.165, 1.54) is 38.5 Å². The summed E-state index contributed by atoms with van der Waals surface area (Å²) in [4.78, 5) is -0.0633. The third-order valence-corrected chi connectivity index (χ3v) is 8.76. The third kappa shape index (κ3) is 6.14. The molecule has 4 atom stereocenters. The van der Waals surface area contributed by atoms with Gasteiger partial charge in [0, 0.05) is 14.2 Å². The molecule has 2 aromatic rings. The monoisotopic (exact) mass is 544 g/mol. The maximum absolute atomic E-state index is 12.7. The zero-order valence-electron chi connectivity index (χ0n) is 21.1. The standard InChI is InChI=1S/C24H32O10S2/c1-17-7-11-19(12-8-17)35(25,26)31-15-21-22(34-24(4,30-6)23(3,29-5)33-21)16-32-36(27,28)20-13-9-18(2)10-14-20/h7-14,21-22H,15-16H2,1-6H3/t21-,22-,23-,24-/m1/s1. The Labute approximate surface area is 212 Å². The molecule has 0 N–H and O–H groups in total. The molecule has 0 radical (unpaired) electrons.